The Hall–Kier alpha value is -4.21. The summed E-state index contributed by atoms with van der Waals surface area (Å²) < 4.78 is 59.5. The van der Waals surface area contributed by atoms with Crippen molar-refractivity contribution in [3.05, 3.63) is 77.1 Å². The highest BCUT2D eigenvalue weighted by Crippen LogP contribution is 2.38. The third kappa shape index (κ3) is 4.73. The van der Waals surface area contributed by atoms with E-state index in [0.717, 1.165) is 21.4 Å². The Balaban J connectivity index is 1.43. The van der Waals surface area contributed by atoms with Gasteiger partial charge in [0.25, 0.3) is 0 Å². The Kier molecular flexibility index (Phi) is 6.64. The van der Waals surface area contributed by atoms with Crippen molar-refractivity contribution in [3.63, 3.8) is 0 Å². The predicted octanol–water partition coefficient (Wildman–Crippen LogP) is 6.36. The van der Waals surface area contributed by atoms with E-state index in [1.807, 2.05) is 24.3 Å². The van der Waals surface area contributed by atoms with Crippen LogP contribution in [0.5, 0.6) is 11.5 Å². The zero-order valence-corrected chi connectivity index (χ0v) is 21.1. The number of hydrogen-bond donors (Lipinski definition) is 1. The molecule has 0 spiro atoms. The largest absolute Gasteiger partial charge is 0.497 e. The van der Waals surface area contributed by atoms with E-state index < -0.39 is 18.1 Å². The summed E-state index contributed by atoms with van der Waals surface area (Å²) in [6.45, 7) is 4.16. The van der Waals surface area contributed by atoms with E-state index in [4.69, 9.17) is 14.2 Å². The van der Waals surface area contributed by atoms with E-state index in [2.05, 4.69) is 10.3 Å². The summed E-state index contributed by atoms with van der Waals surface area (Å²) in [7, 11) is 1.45. The van der Waals surface area contributed by atoms with Crippen LogP contribution in [0.2, 0.25) is 0 Å². The van der Waals surface area contributed by atoms with Crippen LogP contribution in [0.15, 0.2) is 54.6 Å². The molecular weight excluding hydrogens is 499 g/mol. The second kappa shape index (κ2) is 9.92. The second-order valence-corrected chi connectivity index (χ2v) is 8.93. The molecule has 10 heteroatoms. The van der Waals surface area contributed by atoms with Gasteiger partial charge in [-0.25, -0.2) is 4.98 Å². The minimum Gasteiger partial charge on any atom is -0.497 e. The van der Waals surface area contributed by atoms with E-state index in [1.54, 1.807) is 38.1 Å². The number of methoxy groups -OCH3 is 1. The number of aromatic nitrogens is 2. The molecule has 198 valence electrons. The molecule has 1 aliphatic rings. The Labute approximate surface area is 217 Å². The van der Waals surface area contributed by atoms with Crippen molar-refractivity contribution in [3.8, 4) is 17.2 Å². The number of hydrogen-bond acceptors (Lipinski definition) is 6. The fourth-order valence-electron chi connectivity index (χ4n) is 4.55. The molecule has 0 aliphatic carbocycles. The lowest BCUT2D eigenvalue weighted by Crippen LogP contribution is -2.15. The van der Waals surface area contributed by atoms with E-state index in [1.165, 1.54) is 13.2 Å². The number of rotatable bonds is 7. The fraction of sp³-hybridized carbons (Fsp3) is 0.286. The average Bonchev–Trinajstić information content (AvgIpc) is 3.48. The van der Waals surface area contributed by atoms with Crippen LogP contribution in [0, 0.1) is 6.92 Å². The number of carbonyl (C=O) groups is 1. The number of anilines is 1. The molecule has 0 amide bonds. The third-order valence-corrected chi connectivity index (χ3v) is 6.57. The monoisotopic (exact) mass is 525 g/mol. The van der Waals surface area contributed by atoms with Crippen molar-refractivity contribution >= 4 is 22.7 Å². The minimum atomic E-state index is -4.65. The Morgan fingerprint density at radius 1 is 1.18 bits per heavy atom. The van der Waals surface area contributed by atoms with Crippen molar-refractivity contribution in [1.82, 2.24) is 9.55 Å². The molecule has 0 saturated carbocycles. The van der Waals surface area contributed by atoms with Crippen molar-refractivity contribution in [1.29, 1.82) is 0 Å². The van der Waals surface area contributed by atoms with Gasteiger partial charge in [0.15, 0.2) is 6.10 Å². The molecule has 0 radical (unpaired) electrons. The third-order valence-electron chi connectivity index (χ3n) is 6.57. The van der Waals surface area contributed by atoms with Crippen LogP contribution in [0.25, 0.3) is 16.7 Å². The highest BCUT2D eigenvalue weighted by atomic mass is 19.4. The van der Waals surface area contributed by atoms with Crippen molar-refractivity contribution in [2.24, 2.45) is 0 Å². The second-order valence-electron chi connectivity index (χ2n) is 8.93. The van der Waals surface area contributed by atoms with E-state index >= 15 is 0 Å². The van der Waals surface area contributed by atoms with Gasteiger partial charge in [-0.3, -0.25) is 9.36 Å². The summed E-state index contributed by atoms with van der Waals surface area (Å²) in [6.07, 6.45) is -4.80. The van der Waals surface area contributed by atoms with Gasteiger partial charge < -0.3 is 19.5 Å². The molecule has 0 fully saturated rings. The maximum atomic E-state index is 14.0. The maximum absolute atomic E-state index is 14.0. The van der Waals surface area contributed by atoms with Gasteiger partial charge in [0.05, 0.1) is 23.8 Å². The summed E-state index contributed by atoms with van der Waals surface area (Å²) in [5.74, 6) is -0.228. The summed E-state index contributed by atoms with van der Waals surface area (Å²) in [6, 6.07) is 15.5. The Morgan fingerprint density at radius 2 is 2.00 bits per heavy atom. The molecule has 2 heterocycles. The lowest BCUT2D eigenvalue weighted by atomic mass is 10.1. The van der Waals surface area contributed by atoms with Gasteiger partial charge >= 0.3 is 12.1 Å². The Bertz CT molecular complexity index is 1510. The standard InChI is InChI=1S/C28H26F3N3O4/c1-4-26(35)38-25-15-37-24-12-18(8-10-20(24)25)32-14-17-6-5-7-22(16(17)2)34-23-11-9-19(36-3)13-21(23)33-27(34)28(29,30)31/h5-13,25,32H,4,14-15H2,1-3H3/t25-/m1/s1. The molecule has 1 N–H and O–H groups in total. The summed E-state index contributed by atoms with van der Waals surface area (Å²) in [5, 5.41) is 3.32. The van der Waals surface area contributed by atoms with Crippen LogP contribution >= 0.6 is 0 Å². The number of carbonyl (C=O) groups excluding carboxylic acids is 1. The van der Waals surface area contributed by atoms with Gasteiger partial charge in [-0.2, -0.15) is 13.2 Å². The van der Waals surface area contributed by atoms with Gasteiger partial charge in [-0.15, -0.1) is 0 Å². The van der Waals surface area contributed by atoms with Gasteiger partial charge in [0.1, 0.15) is 18.1 Å². The SMILES string of the molecule is CCC(=O)O[C@@H]1COc2cc(NCc3cccc(-n4c(C(F)(F)F)nc5cc(OC)ccc54)c3C)ccc21. The van der Waals surface area contributed by atoms with E-state index in [0.29, 0.717) is 34.8 Å². The van der Waals surface area contributed by atoms with Crippen LogP contribution in [-0.4, -0.2) is 29.2 Å². The first-order valence-electron chi connectivity index (χ1n) is 12.1. The number of ether oxygens (including phenoxy) is 3. The number of fused-ring (bicyclic) bond motifs is 2. The molecule has 0 unspecified atom stereocenters. The van der Waals surface area contributed by atoms with Crippen LogP contribution in [0.3, 0.4) is 0 Å². The van der Waals surface area contributed by atoms with Crippen LogP contribution in [0.4, 0.5) is 18.9 Å². The molecular formula is C28H26F3N3O4. The highest BCUT2D eigenvalue weighted by molar-refractivity contribution is 5.80. The van der Waals surface area contributed by atoms with Gasteiger partial charge in [-0.1, -0.05) is 19.1 Å². The van der Waals surface area contributed by atoms with Crippen LogP contribution in [-0.2, 0) is 22.3 Å². The zero-order chi connectivity index (χ0) is 27.0. The first-order chi connectivity index (χ1) is 18.2. The van der Waals surface area contributed by atoms with E-state index in [-0.39, 0.29) is 24.5 Å². The molecule has 0 saturated heterocycles. The number of benzene rings is 3. The molecule has 7 nitrogen and oxygen atoms in total. The number of esters is 1. The first kappa shape index (κ1) is 25.4. The molecule has 0 bridgehead atoms. The normalized spacial score (nSPS) is 14.7. The molecule has 38 heavy (non-hydrogen) atoms. The van der Waals surface area contributed by atoms with Gasteiger partial charge in [-0.05, 0) is 48.4 Å². The van der Waals surface area contributed by atoms with Crippen molar-refractivity contribution < 1.29 is 32.2 Å². The molecule has 3 aromatic carbocycles. The minimum absolute atomic E-state index is 0.195. The number of nitrogens with zero attached hydrogens (tertiary/aromatic N) is 2. The molecule has 1 atom stereocenters. The zero-order valence-electron chi connectivity index (χ0n) is 21.1. The predicted molar refractivity (Wildman–Crippen MR) is 136 cm³/mol. The number of imidazole rings is 1. The summed E-state index contributed by atoms with van der Waals surface area (Å²) >= 11 is 0. The quantitative estimate of drug-likeness (QED) is 0.283. The van der Waals surface area contributed by atoms with Gasteiger partial charge in [0.2, 0.25) is 5.82 Å². The number of halogens is 3. The van der Waals surface area contributed by atoms with Crippen LogP contribution in [0.1, 0.15) is 42.0 Å². The fourth-order valence-corrected chi connectivity index (χ4v) is 4.55. The highest BCUT2D eigenvalue weighted by Gasteiger charge is 2.38. The van der Waals surface area contributed by atoms with Crippen molar-refractivity contribution in [2.45, 2.75) is 39.1 Å². The summed E-state index contributed by atoms with van der Waals surface area (Å²) in [4.78, 5) is 15.6. The first-order valence-corrected chi connectivity index (χ1v) is 12.1. The van der Waals surface area contributed by atoms with E-state index in [9.17, 15) is 18.0 Å². The topological polar surface area (TPSA) is 74.6 Å². The van der Waals surface area contributed by atoms with Crippen LogP contribution < -0.4 is 14.8 Å². The maximum Gasteiger partial charge on any atom is 0.450 e. The number of alkyl halides is 3. The lowest BCUT2D eigenvalue weighted by molar-refractivity contribution is -0.149. The lowest BCUT2D eigenvalue weighted by Gasteiger charge is -2.17. The average molecular weight is 526 g/mol. The molecule has 5 rings (SSSR count). The van der Waals surface area contributed by atoms with Crippen molar-refractivity contribution in [2.75, 3.05) is 19.0 Å². The number of nitrogens with one attached hydrogen (secondary N) is 1. The molecule has 4 aromatic rings. The smallest absolute Gasteiger partial charge is 0.450 e. The Morgan fingerprint density at radius 3 is 2.74 bits per heavy atom. The molecule has 1 aliphatic heterocycles. The molecule has 1 aromatic heterocycles. The summed E-state index contributed by atoms with van der Waals surface area (Å²) in [5.41, 5.74) is 4.00. The van der Waals surface area contributed by atoms with Gasteiger partial charge in [0, 0.05) is 36.3 Å².